The van der Waals surface area contributed by atoms with Crippen LogP contribution in [0.1, 0.15) is 88.7 Å². The van der Waals surface area contributed by atoms with E-state index in [1.165, 1.54) is 18.5 Å². The van der Waals surface area contributed by atoms with Gasteiger partial charge in [-0.1, -0.05) is 13.8 Å². The van der Waals surface area contributed by atoms with Gasteiger partial charge in [0.05, 0.1) is 63.2 Å². The quantitative estimate of drug-likeness (QED) is 0.371. The molecule has 0 aromatic carbocycles. The van der Waals surface area contributed by atoms with Gasteiger partial charge in [0, 0.05) is 31.9 Å². The molecule has 2 aromatic heterocycles. The number of rotatable bonds is 4. The molecule has 0 amide bonds. The molecule has 0 bridgehead atoms. The second-order valence-electron chi connectivity index (χ2n) is 10.2. The third-order valence-electron chi connectivity index (χ3n) is 8.06. The molecule has 200 valence electrons. The van der Waals surface area contributed by atoms with E-state index >= 15 is 0 Å². The molecule has 0 N–H and O–H groups in total. The van der Waals surface area contributed by atoms with Gasteiger partial charge in [-0.25, -0.2) is 0 Å². The van der Waals surface area contributed by atoms with Gasteiger partial charge < -0.3 is 18.9 Å². The van der Waals surface area contributed by atoms with E-state index in [1.54, 1.807) is 0 Å². The number of ether oxygens (including phenoxy) is 4. The van der Waals surface area contributed by atoms with E-state index in [9.17, 15) is 0 Å². The predicted molar refractivity (Wildman–Crippen MR) is 153 cm³/mol. The number of hydrogen-bond donors (Lipinski definition) is 0. The summed E-state index contributed by atoms with van der Waals surface area (Å²) < 4.78 is 30.0. The van der Waals surface area contributed by atoms with Crippen LogP contribution in [0.3, 0.4) is 0 Å². The summed E-state index contributed by atoms with van der Waals surface area (Å²) >= 11 is 4.75. The highest BCUT2D eigenvalue weighted by Gasteiger charge is 2.42. The second kappa shape index (κ2) is 11.8. The van der Waals surface area contributed by atoms with E-state index in [-0.39, 0.29) is 11.6 Å². The molecule has 6 rings (SSSR count). The van der Waals surface area contributed by atoms with Crippen molar-refractivity contribution in [2.75, 3.05) is 26.4 Å². The highest BCUT2D eigenvalue weighted by molar-refractivity contribution is 14.1. The number of hydrogen-bond acceptors (Lipinski definition) is 6. The summed E-state index contributed by atoms with van der Waals surface area (Å²) in [6.45, 7) is 7.37. The van der Waals surface area contributed by atoms with Gasteiger partial charge in [0.25, 0.3) is 0 Å². The molecule has 2 aliphatic carbocycles. The van der Waals surface area contributed by atoms with Crippen molar-refractivity contribution >= 4 is 45.2 Å². The fourth-order valence-corrected chi connectivity index (χ4v) is 7.54. The van der Waals surface area contributed by atoms with E-state index in [1.807, 2.05) is 6.20 Å². The third kappa shape index (κ3) is 5.83. The minimum absolute atomic E-state index is 0.260. The van der Waals surface area contributed by atoms with Gasteiger partial charge >= 0.3 is 0 Å². The monoisotopic (exact) mass is 724 g/mol. The lowest BCUT2D eigenvalue weighted by molar-refractivity contribution is -0.182. The first-order chi connectivity index (χ1) is 17.5. The summed E-state index contributed by atoms with van der Waals surface area (Å²) in [4.78, 5) is 0. The Morgan fingerprint density at radius 1 is 0.806 bits per heavy atom. The van der Waals surface area contributed by atoms with Crippen LogP contribution in [0.5, 0.6) is 0 Å². The van der Waals surface area contributed by atoms with Gasteiger partial charge in [-0.15, -0.1) is 0 Å². The highest BCUT2D eigenvalue weighted by atomic mass is 127. The maximum absolute atomic E-state index is 5.77. The summed E-state index contributed by atoms with van der Waals surface area (Å²) in [5.41, 5.74) is 2.58. The molecule has 36 heavy (non-hydrogen) atoms. The van der Waals surface area contributed by atoms with Crippen molar-refractivity contribution in [1.82, 2.24) is 19.6 Å². The van der Waals surface area contributed by atoms with Crippen molar-refractivity contribution in [1.29, 1.82) is 0 Å². The van der Waals surface area contributed by atoms with Gasteiger partial charge in [-0.3, -0.25) is 9.36 Å². The van der Waals surface area contributed by atoms with Gasteiger partial charge in [0.2, 0.25) is 0 Å². The van der Waals surface area contributed by atoms with Crippen LogP contribution < -0.4 is 0 Å². The molecule has 2 aromatic rings. The largest absolute Gasteiger partial charge is 0.348 e. The standard InChI is InChI=1S/2C13H19IN2O2/c1-2-12-11(14)9-16(15-12)10-3-5-13(6-4-10)17-7-8-18-13;1-2-12-11(14)9-15-16(12)10-3-5-13(6-4-10)17-7-8-18-13/h2*9-10H,2-8H2,1H3. The molecule has 4 aliphatic rings. The number of aryl methyl sites for hydroxylation is 1. The smallest absolute Gasteiger partial charge is 0.168 e. The molecule has 2 spiro atoms. The van der Waals surface area contributed by atoms with E-state index in [0.29, 0.717) is 12.1 Å². The Balaban J connectivity index is 0.000000148. The van der Waals surface area contributed by atoms with Crippen molar-refractivity contribution in [2.24, 2.45) is 0 Å². The minimum atomic E-state index is -0.261. The van der Waals surface area contributed by atoms with Crippen LogP contribution in [0, 0.1) is 7.14 Å². The van der Waals surface area contributed by atoms with Gasteiger partial charge in [-0.05, 0) is 83.7 Å². The maximum atomic E-state index is 5.77. The Morgan fingerprint density at radius 2 is 1.33 bits per heavy atom. The molecule has 4 heterocycles. The Labute approximate surface area is 241 Å². The summed E-state index contributed by atoms with van der Waals surface area (Å²) in [7, 11) is 0. The lowest BCUT2D eigenvalue weighted by atomic mass is 9.90. The van der Waals surface area contributed by atoms with Crippen LogP contribution in [-0.4, -0.2) is 57.6 Å². The van der Waals surface area contributed by atoms with E-state index < -0.39 is 0 Å². The molecule has 10 heteroatoms. The lowest BCUT2D eigenvalue weighted by Crippen LogP contribution is -2.36. The summed E-state index contributed by atoms with van der Waals surface area (Å²) in [6, 6.07) is 1.03. The molecule has 2 aliphatic heterocycles. The van der Waals surface area contributed by atoms with Crippen molar-refractivity contribution in [3.63, 3.8) is 0 Å². The molecule has 0 radical (unpaired) electrons. The predicted octanol–water partition coefficient (Wildman–Crippen LogP) is 5.82. The van der Waals surface area contributed by atoms with Gasteiger partial charge in [0.15, 0.2) is 11.6 Å². The Bertz CT molecular complexity index is 994. The summed E-state index contributed by atoms with van der Waals surface area (Å²) in [6.07, 6.45) is 14.6. The molecule has 8 nitrogen and oxygen atoms in total. The number of nitrogens with zero attached hydrogens (tertiary/aromatic N) is 4. The number of halogens is 2. The van der Waals surface area contributed by atoms with Crippen molar-refractivity contribution in [2.45, 2.75) is 102 Å². The van der Waals surface area contributed by atoms with Crippen LogP contribution in [0.25, 0.3) is 0 Å². The third-order valence-corrected chi connectivity index (χ3v) is 9.86. The van der Waals surface area contributed by atoms with Crippen LogP contribution in [0.4, 0.5) is 0 Å². The minimum Gasteiger partial charge on any atom is -0.348 e. The zero-order valence-corrected chi connectivity index (χ0v) is 25.7. The van der Waals surface area contributed by atoms with Crippen LogP contribution in [0.2, 0.25) is 0 Å². The second-order valence-corrected chi connectivity index (χ2v) is 12.5. The molecule has 4 fully saturated rings. The average molecular weight is 724 g/mol. The van der Waals surface area contributed by atoms with Gasteiger partial charge in [0.1, 0.15) is 0 Å². The first-order valence-electron chi connectivity index (χ1n) is 13.5. The van der Waals surface area contributed by atoms with Crippen LogP contribution in [-0.2, 0) is 31.8 Å². The SMILES string of the molecule is CCc1c(I)cnn1C1CCC2(CC1)OCCO2.CCc1nn(C2CCC3(CC2)OCCO3)cc1I. The lowest BCUT2D eigenvalue weighted by Gasteiger charge is -2.35. The van der Waals surface area contributed by atoms with E-state index in [0.717, 1.165) is 90.6 Å². The fourth-order valence-electron chi connectivity index (χ4n) is 6.01. The molecule has 0 unspecified atom stereocenters. The number of aromatic nitrogens is 4. The first-order valence-corrected chi connectivity index (χ1v) is 15.6. The molecular formula is C26H38I2N4O4. The molecule has 2 saturated carbocycles. The van der Waals surface area contributed by atoms with Gasteiger partial charge in [-0.2, -0.15) is 10.2 Å². The molecule has 2 saturated heterocycles. The zero-order valence-electron chi connectivity index (χ0n) is 21.4. The Morgan fingerprint density at radius 3 is 1.81 bits per heavy atom. The molecule has 0 atom stereocenters. The van der Waals surface area contributed by atoms with Crippen LogP contribution >= 0.6 is 45.2 Å². The van der Waals surface area contributed by atoms with Crippen LogP contribution in [0.15, 0.2) is 12.4 Å². The average Bonchev–Trinajstić information content (AvgIpc) is 3.69. The van der Waals surface area contributed by atoms with Crippen molar-refractivity contribution in [3.8, 4) is 0 Å². The maximum Gasteiger partial charge on any atom is 0.168 e. The van der Waals surface area contributed by atoms with Crippen molar-refractivity contribution < 1.29 is 18.9 Å². The highest BCUT2D eigenvalue weighted by Crippen LogP contribution is 2.41. The van der Waals surface area contributed by atoms with E-state index in [4.69, 9.17) is 24.0 Å². The molecular weight excluding hydrogens is 686 g/mol. The topological polar surface area (TPSA) is 72.6 Å². The van der Waals surface area contributed by atoms with Crippen molar-refractivity contribution in [3.05, 3.63) is 30.9 Å². The summed E-state index contributed by atoms with van der Waals surface area (Å²) in [5, 5.41) is 9.25. The first kappa shape index (κ1) is 27.3. The zero-order chi connectivity index (χ0) is 25.2. The normalized spacial score (nSPS) is 25.4. The van der Waals surface area contributed by atoms with E-state index in [2.05, 4.69) is 79.7 Å². The Kier molecular flexibility index (Phi) is 8.98. The Hall–Kier alpha value is -0.280. The summed E-state index contributed by atoms with van der Waals surface area (Å²) in [5.74, 6) is -0.520. The fraction of sp³-hybridized carbons (Fsp3) is 0.769.